The fourth-order valence-electron chi connectivity index (χ4n) is 3.19. The minimum absolute atomic E-state index is 0.165. The Bertz CT molecular complexity index is 339. The number of nitrogens with zero attached hydrogens (tertiary/aromatic N) is 2. The topological polar surface area (TPSA) is 52.7 Å². The SMILES string of the molecule is O=C(C1CCNC1)N1CCN2C(=O)CCC2C1. The van der Waals surface area contributed by atoms with Crippen LogP contribution >= 0.6 is 0 Å². The molecule has 0 aromatic heterocycles. The normalized spacial score (nSPS) is 33.1. The lowest BCUT2D eigenvalue weighted by Gasteiger charge is -2.38. The van der Waals surface area contributed by atoms with Gasteiger partial charge in [0.2, 0.25) is 11.8 Å². The second kappa shape index (κ2) is 4.29. The van der Waals surface area contributed by atoms with Gasteiger partial charge in [0, 0.05) is 38.6 Å². The number of carbonyl (C=O) groups excluding carboxylic acids is 2. The van der Waals surface area contributed by atoms with Gasteiger partial charge in [-0.05, 0) is 19.4 Å². The second-order valence-corrected chi connectivity index (χ2v) is 5.25. The van der Waals surface area contributed by atoms with Crippen LogP contribution in [0.2, 0.25) is 0 Å². The van der Waals surface area contributed by atoms with E-state index in [9.17, 15) is 9.59 Å². The number of rotatable bonds is 1. The molecule has 3 rings (SSSR count). The van der Waals surface area contributed by atoms with E-state index in [0.717, 1.165) is 45.6 Å². The summed E-state index contributed by atoms with van der Waals surface area (Å²) in [6.45, 7) is 3.98. The maximum absolute atomic E-state index is 12.3. The van der Waals surface area contributed by atoms with E-state index in [0.29, 0.717) is 6.42 Å². The molecule has 17 heavy (non-hydrogen) atoms. The molecule has 5 nitrogen and oxygen atoms in total. The first-order chi connectivity index (χ1) is 8.25. The summed E-state index contributed by atoms with van der Waals surface area (Å²) in [4.78, 5) is 27.7. The molecule has 2 atom stereocenters. The molecule has 3 fully saturated rings. The largest absolute Gasteiger partial charge is 0.339 e. The molecule has 2 amide bonds. The average Bonchev–Trinajstić information content (AvgIpc) is 2.98. The fourth-order valence-corrected chi connectivity index (χ4v) is 3.19. The summed E-state index contributed by atoms with van der Waals surface area (Å²) in [5, 5.41) is 3.23. The van der Waals surface area contributed by atoms with E-state index in [1.54, 1.807) is 0 Å². The van der Waals surface area contributed by atoms with Crippen molar-refractivity contribution in [3.8, 4) is 0 Å². The van der Waals surface area contributed by atoms with Crippen LogP contribution in [0.25, 0.3) is 0 Å². The molecule has 0 aromatic carbocycles. The first-order valence-electron chi connectivity index (χ1n) is 6.54. The number of nitrogens with one attached hydrogen (secondary N) is 1. The minimum Gasteiger partial charge on any atom is -0.339 e. The maximum atomic E-state index is 12.3. The van der Waals surface area contributed by atoms with E-state index >= 15 is 0 Å². The van der Waals surface area contributed by atoms with E-state index < -0.39 is 0 Å². The molecule has 0 aromatic rings. The molecule has 2 unspecified atom stereocenters. The van der Waals surface area contributed by atoms with Crippen LogP contribution in [0.3, 0.4) is 0 Å². The lowest BCUT2D eigenvalue weighted by Crippen LogP contribution is -2.54. The Labute approximate surface area is 101 Å². The Morgan fingerprint density at radius 1 is 1.29 bits per heavy atom. The summed E-state index contributed by atoms with van der Waals surface area (Å²) in [5.74, 6) is 0.720. The van der Waals surface area contributed by atoms with Crippen LogP contribution < -0.4 is 5.32 Å². The molecule has 3 aliphatic heterocycles. The molecule has 3 aliphatic rings. The van der Waals surface area contributed by atoms with E-state index in [2.05, 4.69) is 5.32 Å². The third-order valence-electron chi connectivity index (χ3n) is 4.22. The highest BCUT2D eigenvalue weighted by atomic mass is 16.2. The van der Waals surface area contributed by atoms with Gasteiger partial charge in [-0.25, -0.2) is 0 Å². The molecule has 0 bridgehead atoms. The lowest BCUT2D eigenvalue weighted by molar-refractivity contribution is -0.141. The highest BCUT2D eigenvalue weighted by molar-refractivity contribution is 5.81. The summed E-state index contributed by atoms with van der Waals surface area (Å²) in [5.41, 5.74) is 0. The minimum atomic E-state index is 0.165. The van der Waals surface area contributed by atoms with E-state index in [4.69, 9.17) is 0 Å². The number of hydrogen-bond acceptors (Lipinski definition) is 3. The van der Waals surface area contributed by atoms with Crippen molar-refractivity contribution in [1.82, 2.24) is 15.1 Å². The first kappa shape index (κ1) is 11.0. The predicted molar refractivity (Wildman–Crippen MR) is 62.3 cm³/mol. The van der Waals surface area contributed by atoms with Crippen molar-refractivity contribution in [2.24, 2.45) is 5.92 Å². The smallest absolute Gasteiger partial charge is 0.227 e. The highest BCUT2D eigenvalue weighted by Crippen LogP contribution is 2.24. The number of fused-ring (bicyclic) bond motifs is 1. The van der Waals surface area contributed by atoms with Gasteiger partial charge in [0.25, 0.3) is 0 Å². The molecule has 3 saturated heterocycles. The Hall–Kier alpha value is -1.10. The van der Waals surface area contributed by atoms with Crippen molar-refractivity contribution in [2.75, 3.05) is 32.7 Å². The van der Waals surface area contributed by atoms with Crippen LogP contribution in [0.1, 0.15) is 19.3 Å². The zero-order chi connectivity index (χ0) is 11.8. The Morgan fingerprint density at radius 2 is 2.18 bits per heavy atom. The van der Waals surface area contributed by atoms with E-state index in [1.165, 1.54) is 0 Å². The van der Waals surface area contributed by atoms with Gasteiger partial charge in [0.1, 0.15) is 0 Å². The van der Waals surface area contributed by atoms with Crippen molar-refractivity contribution < 1.29 is 9.59 Å². The first-order valence-corrected chi connectivity index (χ1v) is 6.54. The van der Waals surface area contributed by atoms with Crippen LogP contribution in [0.5, 0.6) is 0 Å². The summed E-state index contributed by atoms with van der Waals surface area (Å²) >= 11 is 0. The van der Waals surface area contributed by atoms with Gasteiger partial charge in [0.15, 0.2) is 0 Å². The quantitative estimate of drug-likeness (QED) is 0.664. The molecular formula is C12H19N3O2. The number of piperazine rings is 1. The lowest BCUT2D eigenvalue weighted by atomic mass is 10.1. The predicted octanol–water partition coefficient (Wildman–Crippen LogP) is -0.571. The van der Waals surface area contributed by atoms with Crippen molar-refractivity contribution in [2.45, 2.75) is 25.3 Å². The monoisotopic (exact) mass is 237 g/mol. The van der Waals surface area contributed by atoms with Gasteiger partial charge in [-0.1, -0.05) is 0 Å². The number of hydrogen-bond donors (Lipinski definition) is 1. The van der Waals surface area contributed by atoms with Gasteiger partial charge in [-0.3, -0.25) is 9.59 Å². The summed E-state index contributed by atoms with van der Waals surface area (Å²) in [7, 11) is 0. The van der Waals surface area contributed by atoms with Crippen LogP contribution in [-0.4, -0.2) is 60.4 Å². The standard InChI is InChI=1S/C12H19N3O2/c16-11-2-1-10-8-14(5-6-15(10)11)12(17)9-3-4-13-7-9/h9-10,13H,1-8H2. The van der Waals surface area contributed by atoms with Crippen molar-refractivity contribution >= 4 is 11.8 Å². The van der Waals surface area contributed by atoms with Crippen LogP contribution in [0, 0.1) is 5.92 Å². The molecule has 0 radical (unpaired) electrons. The Kier molecular flexibility index (Phi) is 2.78. The second-order valence-electron chi connectivity index (χ2n) is 5.25. The zero-order valence-electron chi connectivity index (χ0n) is 10.0. The summed E-state index contributed by atoms with van der Waals surface area (Å²) in [6, 6.07) is 0.287. The molecular weight excluding hydrogens is 218 g/mol. The van der Waals surface area contributed by atoms with Crippen LogP contribution in [0.15, 0.2) is 0 Å². The van der Waals surface area contributed by atoms with Gasteiger partial charge in [0.05, 0.1) is 5.92 Å². The molecule has 94 valence electrons. The highest BCUT2D eigenvalue weighted by Gasteiger charge is 2.38. The van der Waals surface area contributed by atoms with E-state index in [1.807, 2.05) is 9.80 Å². The fraction of sp³-hybridized carbons (Fsp3) is 0.833. The zero-order valence-corrected chi connectivity index (χ0v) is 10.0. The average molecular weight is 237 g/mol. The summed E-state index contributed by atoms with van der Waals surface area (Å²) < 4.78 is 0. The molecule has 0 spiro atoms. The number of carbonyl (C=O) groups is 2. The Balaban J connectivity index is 1.62. The van der Waals surface area contributed by atoms with Gasteiger partial charge < -0.3 is 15.1 Å². The third-order valence-corrected chi connectivity index (χ3v) is 4.22. The molecule has 5 heteroatoms. The van der Waals surface area contributed by atoms with Crippen molar-refractivity contribution in [3.05, 3.63) is 0 Å². The van der Waals surface area contributed by atoms with Gasteiger partial charge in [-0.2, -0.15) is 0 Å². The van der Waals surface area contributed by atoms with Crippen molar-refractivity contribution in [3.63, 3.8) is 0 Å². The number of amides is 2. The Morgan fingerprint density at radius 3 is 2.94 bits per heavy atom. The molecule has 3 heterocycles. The van der Waals surface area contributed by atoms with Crippen molar-refractivity contribution in [1.29, 1.82) is 0 Å². The molecule has 0 aliphatic carbocycles. The molecule has 0 saturated carbocycles. The van der Waals surface area contributed by atoms with E-state index in [-0.39, 0.29) is 23.8 Å². The maximum Gasteiger partial charge on any atom is 0.227 e. The van der Waals surface area contributed by atoms with Crippen LogP contribution in [-0.2, 0) is 9.59 Å². The van der Waals surface area contributed by atoms with Crippen LogP contribution in [0.4, 0.5) is 0 Å². The van der Waals surface area contributed by atoms with Gasteiger partial charge >= 0.3 is 0 Å². The van der Waals surface area contributed by atoms with Gasteiger partial charge in [-0.15, -0.1) is 0 Å². The summed E-state index contributed by atoms with van der Waals surface area (Å²) in [6.07, 6.45) is 2.55. The third kappa shape index (κ3) is 1.92. The molecule has 1 N–H and O–H groups in total.